The van der Waals surface area contributed by atoms with Gasteiger partial charge >= 0.3 is 11.9 Å². The third-order valence-corrected chi connectivity index (χ3v) is 2.59. The first kappa shape index (κ1) is 16.6. The van der Waals surface area contributed by atoms with Crippen molar-refractivity contribution < 1.29 is 23.9 Å². The highest BCUT2D eigenvalue weighted by Gasteiger charge is 2.09. The summed E-state index contributed by atoms with van der Waals surface area (Å²) in [5.74, 6) is -0.714. The lowest BCUT2D eigenvalue weighted by Crippen LogP contribution is -2.32. The summed E-state index contributed by atoms with van der Waals surface area (Å²) in [5, 5.41) is 0. The number of nitrogens with zero attached hydrogens (tertiary/aromatic N) is 2. The normalized spacial score (nSPS) is 9.81. The van der Waals surface area contributed by atoms with Crippen LogP contribution in [0.3, 0.4) is 0 Å². The Morgan fingerprint density at radius 3 is 2.10 bits per heavy atom. The van der Waals surface area contributed by atoms with Crippen molar-refractivity contribution in [2.45, 2.75) is 13.8 Å². The van der Waals surface area contributed by atoms with Crippen LogP contribution in [0.1, 0.15) is 24.3 Å². The third kappa shape index (κ3) is 6.51. The van der Waals surface area contributed by atoms with Crippen LogP contribution >= 0.6 is 0 Å². The minimum absolute atomic E-state index is 0.213. The standard InChI is InChI=1S/C14H18N2O5/c1-11(18)20-7-5-16(6-8-21-12(2)19)14-4-3-13(10-17)15-9-14/h3-4,9-10H,5-8H2,1-2H3. The first-order valence-electron chi connectivity index (χ1n) is 6.46. The van der Waals surface area contributed by atoms with E-state index >= 15 is 0 Å². The molecule has 0 N–H and O–H groups in total. The fourth-order valence-electron chi connectivity index (χ4n) is 1.62. The van der Waals surface area contributed by atoms with Crippen LogP contribution in [0.5, 0.6) is 0 Å². The molecule has 0 aliphatic carbocycles. The molecule has 0 fully saturated rings. The van der Waals surface area contributed by atoms with Gasteiger partial charge in [-0.3, -0.25) is 19.4 Å². The van der Waals surface area contributed by atoms with Crippen molar-refractivity contribution in [3.8, 4) is 0 Å². The van der Waals surface area contributed by atoms with Crippen molar-refractivity contribution in [3.05, 3.63) is 24.0 Å². The number of pyridine rings is 1. The lowest BCUT2D eigenvalue weighted by atomic mass is 10.3. The molecule has 114 valence electrons. The highest BCUT2D eigenvalue weighted by molar-refractivity contribution is 5.72. The van der Waals surface area contributed by atoms with Gasteiger partial charge in [0.05, 0.1) is 25.0 Å². The van der Waals surface area contributed by atoms with Crippen LogP contribution in [0, 0.1) is 0 Å². The van der Waals surface area contributed by atoms with Crippen LogP contribution in [-0.2, 0) is 19.1 Å². The summed E-state index contributed by atoms with van der Waals surface area (Å²) in [6.45, 7) is 3.97. The number of ether oxygens (including phenoxy) is 2. The fourth-order valence-corrected chi connectivity index (χ4v) is 1.62. The molecule has 0 aliphatic heterocycles. The Kier molecular flexibility index (Phi) is 6.86. The predicted molar refractivity (Wildman–Crippen MR) is 75.1 cm³/mol. The molecular formula is C14H18N2O5. The molecule has 0 unspecified atom stereocenters. The Morgan fingerprint density at radius 2 is 1.71 bits per heavy atom. The van der Waals surface area contributed by atoms with Gasteiger partial charge < -0.3 is 14.4 Å². The zero-order valence-electron chi connectivity index (χ0n) is 12.1. The molecule has 0 spiro atoms. The van der Waals surface area contributed by atoms with Crippen LogP contribution in [0.2, 0.25) is 0 Å². The summed E-state index contributed by atoms with van der Waals surface area (Å²) in [7, 11) is 0. The highest BCUT2D eigenvalue weighted by Crippen LogP contribution is 2.12. The first-order chi connectivity index (χ1) is 10.0. The summed E-state index contributed by atoms with van der Waals surface area (Å²) < 4.78 is 9.80. The van der Waals surface area contributed by atoms with Crippen LogP contribution in [0.25, 0.3) is 0 Å². The zero-order chi connectivity index (χ0) is 15.7. The summed E-state index contributed by atoms with van der Waals surface area (Å²) in [5.41, 5.74) is 1.08. The molecule has 1 aromatic rings. The molecule has 0 amide bonds. The van der Waals surface area contributed by atoms with Crippen LogP contribution in [-0.4, -0.2) is 49.5 Å². The van der Waals surface area contributed by atoms with E-state index in [1.807, 2.05) is 4.90 Å². The van der Waals surface area contributed by atoms with E-state index in [0.717, 1.165) is 5.69 Å². The predicted octanol–water partition coefficient (Wildman–Crippen LogP) is 0.827. The molecule has 1 aromatic heterocycles. The van der Waals surface area contributed by atoms with Crippen LogP contribution in [0.15, 0.2) is 18.3 Å². The molecule has 0 saturated heterocycles. The molecule has 0 radical (unpaired) electrons. The van der Waals surface area contributed by atoms with Crippen molar-refractivity contribution >= 4 is 23.9 Å². The van der Waals surface area contributed by atoms with Crippen molar-refractivity contribution in [2.24, 2.45) is 0 Å². The second kappa shape index (κ2) is 8.68. The van der Waals surface area contributed by atoms with E-state index in [2.05, 4.69) is 4.98 Å². The molecule has 1 rings (SSSR count). The molecule has 0 bridgehead atoms. The number of hydrogen-bond acceptors (Lipinski definition) is 7. The summed E-state index contributed by atoms with van der Waals surface area (Å²) in [6.07, 6.45) is 2.21. The van der Waals surface area contributed by atoms with Crippen molar-refractivity contribution in [1.29, 1.82) is 0 Å². The number of aldehydes is 1. The van der Waals surface area contributed by atoms with Gasteiger partial charge in [0.25, 0.3) is 0 Å². The van der Waals surface area contributed by atoms with E-state index < -0.39 is 0 Å². The average molecular weight is 294 g/mol. The Labute approximate surface area is 122 Å². The quantitative estimate of drug-likeness (QED) is 0.518. The van der Waals surface area contributed by atoms with Gasteiger partial charge in [-0.25, -0.2) is 0 Å². The maximum absolute atomic E-state index is 10.8. The number of aromatic nitrogens is 1. The Hall–Kier alpha value is -2.44. The van der Waals surface area contributed by atoms with E-state index in [-0.39, 0.29) is 25.2 Å². The van der Waals surface area contributed by atoms with Gasteiger partial charge in [-0.05, 0) is 12.1 Å². The van der Waals surface area contributed by atoms with Crippen LogP contribution < -0.4 is 4.90 Å². The summed E-state index contributed by atoms with van der Waals surface area (Å²) >= 11 is 0. The molecule has 0 aromatic carbocycles. The first-order valence-corrected chi connectivity index (χ1v) is 6.46. The topological polar surface area (TPSA) is 85.8 Å². The Bertz CT molecular complexity index is 467. The van der Waals surface area contributed by atoms with E-state index in [9.17, 15) is 14.4 Å². The van der Waals surface area contributed by atoms with Gasteiger partial charge in [0.15, 0.2) is 6.29 Å². The SMILES string of the molecule is CC(=O)OCCN(CCOC(C)=O)c1ccc(C=O)nc1. The van der Waals surface area contributed by atoms with Gasteiger partial charge in [0, 0.05) is 13.8 Å². The largest absolute Gasteiger partial charge is 0.464 e. The van der Waals surface area contributed by atoms with Gasteiger partial charge in [-0.1, -0.05) is 0 Å². The van der Waals surface area contributed by atoms with Crippen molar-refractivity contribution in [1.82, 2.24) is 4.98 Å². The summed E-state index contributed by atoms with van der Waals surface area (Å²) in [4.78, 5) is 38.0. The maximum atomic E-state index is 10.8. The summed E-state index contributed by atoms with van der Waals surface area (Å²) in [6, 6.07) is 3.32. The number of hydrogen-bond donors (Lipinski definition) is 0. The second-order valence-electron chi connectivity index (χ2n) is 4.23. The molecule has 0 aliphatic rings. The molecule has 0 saturated carbocycles. The second-order valence-corrected chi connectivity index (χ2v) is 4.23. The molecule has 21 heavy (non-hydrogen) atoms. The molecule has 7 heteroatoms. The number of carbonyl (C=O) groups is 3. The number of rotatable bonds is 8. The van der Waals surface area contributed by atoms with E-state index in [0.29, 0.717) is 25.1 Å². The fraction of sp³-hybridized carbons (Fsp3) is 0.429. The molecule has 1 heterocycles. The number of carbonyl (C=O) groups excluding carboxylic acids is 3. The van der Waals surface area contributed by atoms with E-state index in [1.54, 1.807) is 18.3 Å². The van der Waals surface area contributed by atoms with Gasteiger partial charge in [0.1, 0.15) is 18.9 Å². The van der Waals surface area contributed by atoms with Gasteiger partial charge in [0.2, 0.25) is 0 Å². The lowest BCUT2D eigenvalue weighted by molar-refractivity contribution is -0.141. The van der Waals surface area contributed by atoms with Gasteiger partial charge in [-0.2, -0.15) is 0 Å². The minimum Gasteiger partial charge on any atom is -0.464 e. The zero-order valence-corrected chi connectivity index (χ0v) is 12.1. The van der Waals surface area contributed by atoms with Gasteiger partial charge in [-0.15, -0.1) is 0 Å². The van der Waals surface area contributed by atoms with E-state index in [4.69, 9.17) is 9.47 Å². The maximum Gasteiger partial charge on any atom is 0.302 e. The Morgan fingerprint density at radius 1 is 1.14 bits per heavy atom. The van der Waals surface area contributed by atoms with Crippen LogP contribution in [0.4, 0.5) is 5.69 Å². The van der Waals surface area contributed by atoms with E-state index in [1.165, 1.54) is 13.8 Å². The molecular weight excluding hydrogens is 276 g/mol. The molecule has 0 atom stereocenters. The minimum atomic E-state index is -0.357. The smallest absolute Gasteiger partial charge is 0.302 e. The molecule has 7 nitrogen and oxygen atoms in total. The lowest BCUT2D eigenvalue weighted by Gasteiger charge is -2.24. The van der Waals surface area contributed by atoms with Crippen molar-refractivity contribution in [3.63, 3.8) is 0 Å². The average Bonchev–Trinajstić information content (AvgIpc) is 2.45. The number of anilines is 1. The monoisotopic (exact) mass is 294 g/mol. The third-order valence-electron chi connectivity index (χ3n) is 2.59. The highest BCUT2D eigenvalue weighted by atomic mass is 16.5. The Balaban J connectivity index is 2.65. The number of esters is 2. The van der Waals surface area contributed by atoms with Crippen molar-refractivity contribution in [2.75, 3.05) is 31.2 Å².